The number of aliphatic hydroxyl groups excluding tert-OH is 1. The highest BCUT2D eigenvalue weighted by atomic mass is 16.5. The van der Waals surface area contributed by atoms with E-state index in [-0.39, 0.29) is 38.1 Å². The molecule has 242 valence electrons. The van der Waals surface area contributed by atoms with Gasteiger partial charge in [-0.25, -0.2) is 0 Å². The van der Waals surface area contributed by atoms with Crippen LogP contribution in [-0.2, 0) is 28.7 Å². The third-order valence-corrected chi connectivity index (χ3v) is 9.74. The Balaban J connectivity index is 1.46. The summed E-state index contributed by atoms with van der Waals surface area (Å²) in [6.07, 6.45) is 7.21. The number of ether oxygens (including phenoxy) is 2. The predicted molar refractivity (Wildman–Crippen MR) is 170 cm³/mol. The van der Waals surface area contributed by atoms with E-state index < -0.39 is 53.5 Å². The van der Waals surface area contributed by atoms with Crippen LogP contribution in [0, 0.1) is 25.7 Å². The minimum atomic E-state index is -1.46. The maximum absolute atomic E-state index is 14.8. The lowest BCUT2D eigenvalue weighted by atomic mass is 9.77. The first-order valence-corrected chi connectivity index (χ1v) is 16.0. The molecular formula is C36H41N3O7. The van der Waals surface area contributed by atoms with Gasteiger partial charge in [0.2, 0.25) is 11.8 Å². The Kier molecular flexibility index (Phi) is 8.85. The van der Waals surface area contributed by atoms with E-state index in [9.17, 15) is 24.3 Å². The highest BCUT2D eigenvalue weighted by Gasteiger charge is 2.72. The first-order valence-electron chi connectivity index (χ1n) is 16.0. The third-order valence-electron chi connectivity index (χ3n) is 9.74. The number of anilines is 1. The second-order valence-corrected chi connectivity index (χ2v) is 12.6. The van der Waals surface area contributed by atoms with Gasteiger partial charge in [0, 0.05) is 18.7 Å². The smallest absolute Gasteiger partial charge is 0.306 e. The van der Waals surface area contributed by atoms with Crippen molar-refractivity contribution in [3.63, 3.8) is 0 Å². The van der Waals surface area contributed by atoms with E-state index >= 15 is 0 Å². The van der Waals surface area contributed by atoms with Crippen molar-refractivity contribution in [3.8, 4) is 0 Å². The molecule has 4 heterocycles. The van der Waals surface area contributed by atoms with Gasteiger partial charge >= 0.3 is 5.97 Å². The first-order chi connectivity index (χ1) is 22.2. The maximum atomic E-state index is 14.8. The van der Waals surface area contributed by atoms with Gasteiger partial charge in [0.25, 0.3) is 5.91 Å². The number of likely N-dealkylation sites (tertiary alicyclic amines) is 1. The monoisotopic (exact) mass is 627 g/mol. The number of cyclic esters (lactones) is 1. The van der Waals surface area contributed by atoms with Crippen LogP contribution < -0.4 is 10.2 Å². The molecule has 0 bridgehead atoms. The van der Waals surface area contributed by atoms with E-state index in [0.717, 1.165) is 22.4 Å². The van der Waals surface area contributed by atoms with E-state index in [4.69, 9.17) is 9.47 Å². The Hall–Kier alpha value is -4.28. The number of fused-ring (bicyclic) bond motifs is 2. The minimum Gasteiger partial charge on any atom is -0.463 e. The van der Waals surface area contributed by atoms with Gasteiger partial charge in [-0.2, -0.15) is 0 Å². The van der Waals surface area contributed by atoms with Gasteiger partial charge in [0.05, 0.1) is 36.6 Å². The third kappa shape index (κ3) is 5.43. The van der Waals surface area contributed by atoms with Crippen molar-refractivity contribution >= 4 is 29.4 Å². The highest BCUT2D eigenvalue weighted by Crippen LogP contribution is 2.54. The summed E-state index contributed by atoms with van der Waals surface area (Å²) in [5.41, 5.74) is 1.91. The molecule has 0 radical (unpaired) electrons. The number of benzene rings is 2. The lowest BCUT2D eigenvalue weighted by molar-refractivity contribution is -0.146. The molecule has 10 heteroatoms. The van der Waals surface area contributed by atoms with Crippen molar-refractivity contribution in [3.05, 3.63) is 89.5 Å². The Morgan fingerprint density at radius 1 is 1.04 bits per heavy atom. The molecule has 10 nitrogen and oxygen atoms in total. The van der Waals surface area contributed by atoms with Crippen LogP contribution in [0.2, 0.25) is 0 Å². The molecule has 2 aromatic rings. The van der Waals surface area contributed by atoms with Gasteiger partial charge in [-0.15, -0.1) is 0 Å². The fraction of sp³-hybridized carbons (Fsp3) is 0.444. The first kappa shape index (κ1) is 31.7. The molecule has 1 spiro atoms. The molecule has 3 amide bonds. The van der Waals surface area contributed by atoms with Crippen molar-refractivity contribution in [2.24, 2.45) is 11.8 Å². The molecule has 0 unspecified atom stereocenters. The van der Waals surface area contributed by atoms with Crippen LogP contribution in [0.3, 0.4) is 0 Å². The molecule has 7 atom stereocenters. The molecule has 2 saturated heterocycles. The normalized spacial score (nSPS) is 31.1. The van der Waals surface area contributed by atoms with Crippen LogP contribution >= 0.6 is 0 Å². The fourth-order valence-electron chi connectivity index (χ4n) is 7.41. The van der Waals surface area contributed by atoms with Gasteiger partial charge in [-0.3, -0.25) is 19.2 Å². The van der Waals surface area contributed by atoms with Crippen molar-refractivity contribution in [2.75, 3.05) is 24.7 Å². The molecule has 46 heavy (non-hydrogen) atoms. The Morgan fingerprint density at radius 2 is 1.83 bits per heavy atom. The second kappa shape index (κ2) is 12.8. The van der Waals surface area contributed by atoms with Crippen molar-refractivity contribution in [2.45, 2.75) is 69.9 Å². The van der Waals surface area contributed by atoms with E-state index in [1.807, 2.05) is 75.4 Å². The molecule has 0 saturated carbocycles. The molecular weight excluding hydrogens is 586 g/mol. The van der Waals surface area contributed by atoms with E-state index in [0.29, 0.717) is 12.8 Å². The standard InChI is InChI=1S/C36H41N3O7/c1-4-25(20-40)39-32-35(44)38(27-19-22(2)15-16-23(27)3)18-10-17-36(32)31(34(39)43)30-28(46-36)13-8-9-14-29(41)45-21-26(37-33(30)42)24-11-6-5-7-12-24/h5-8,10-13,15-17,19,25-26,28,30-32,40H,4,9,14,18,20-21H2,1-3H3,(H,37,42)/b13-8-/t25-,26-,28+,30-,31-,32+,36-/m0/s1. The number of rotatable bonds is 5. The van der Waals surface area contributed by atoms with Crippen LogP contribution in [-0.4, -0.2) is 77.2 Å². The maximum Gasteiger partial charge on any atom is 0.306 e. The largest absolute Gasteiger partial charge is 0.463 e. The van der Waals surface area contributed by atoms with Crippen molar-refractivity contribution in [1.29, 1.82) is 0 Å². The number of esters is 1. The molecule has 4 aliphatic heterocycles. The summed E-state index contributed by atoms with van der Waals surface area (Å²) >= 11 is 0. The minimum absolute atomic E-state index is 0.0688. The van der Waals surface area contributed by atoms with E-state index in [2.05, 4.69) is 5.32 Å². The van der Waals surface area contributed by atoms with E-state index in [1.165, 1.54) is 4.90 Å². The molecule has 0 aliphatic carbocycles. The summed E-state index contributed by atoms with van der Waals surface area (Å²) in [5.74, 6) is -3.58. The molecule has 2 fully saturated rings. The zero-order valence-electron chi connectivity index (χ0n) is 26.4. The number of carbonyl (C=O) groups is 4. The SMILES string of the molecule is CC[C@@H](CO)N1C(=O)[C@@H]2[C@H]3C(=O)N[C@H](c4ccccc4)COC(=O)CC/C=C\[C@H]3O[C@@]23C=CCN(c2cc(C)ccc2C)C(=O)[C@@H]13. The van der Waals surface area contributed by atoms with Crippen LogP contribution in [0.5, 0.6) is 0 Å². The lowest BCUT2D eigenvalue weighted by Crippen LogP contribution is -2.58. The van der Waals surface area contributed by atoms with Crippen LogP contribution in [0.25, 0.3) is 0 Å². The average molecular weight is 628 g/mol. The predicted octanol–water partition coefficient (Wildman–Crippen LogP) is 3.31. The number of carbonyl (C=O) groups excluding carboxylic acids is 4. The lowest BCUT2D eigenvalue weighted by Gasteiger charge is -2.38. The molecule has 2 N–H and O–H groups in total. The Morgan fingerprint density at radius 3 is 2.57 bits per heavy atom. The molecule has 6 rings (SSSR count). The average Bonchev–Trinajstić information content (AvgIpc) is 3.44. The molecule has 0 aromatic heterocycles. The summed E-state index contributed by atoms with van der Waals surface area (Å²) in [7, 11) is 0. The summed E-state index contributed by atoms with van der Waals surface area (Å²) < 4.78 is 12.3. The van der Waals surface area contributed by atoms with E-state index in [1.54, 1.807) is 23.1 Å². The number of aliphatic hydroxyl groups is 1. The topological polar surface area (TPSA) is 125 Å². The van der Waals surface area contributed by atoms with Crippen LogP contribution in [0.15, 0.2) is 72.8 Å². The van der Waals surface area contributed by atoms with Gasteiger partial charge in [-0.1, -0.05) is 73.7 Å². The number of hydrogen-bond donors (Lipinski definition) is 2. The summed E-state index contributed by atoms with van der Waals surface area (Å²) in [5, 5.41) is 13.5. The second-order valence-electron chi connectivity index (χ2n) is 12.6. The van der Waals surface area contributed by atoms with Crippen LogP contribution in [0.4, 0.5) is 5.69 Å². The van der Waals surface area contributed by atoms with Gasteiger partial charge < -0.3 is 29.7 Å². The zero-order valence-corrected chi connectivity index (χ0v) is 26.4. The fourth-order valence-corrected chi connectivity index (χ4v) is 7.41. The quantitative estimate of drug-likeness (QED) is 0.385. The number of hydrogen-bond acceptors (Lipinski definition) is 7. The zero-order chi connectivity index (χ0) is 32.6. The van der Waals surface area contributed by atoms with Crippen molar-refractivity contribution < 1.29 is 33.8 Å². The Bertz CT molecular complexity index is 1570. The van der Waals surface area contributed by atoms with Crippen LogP contribution in [0.1, 0.15) is 48.9 Å². The summed E-state index contributed by atoms with van der Waals surface area (Å²) in [6.45, 7) is 5.59. The van der Waals surface area contributed by atoms with Gasteiger partial charge in [0.15, 0.2) is 0 Å². The highest BCUT2D eigenvalue weighted by molar-refractivity contribution is 6.06. The number of nitrogens with one attached hydrogen (secondary N) is 1. The number of nitrogens with zero attached hydrogens (tertiary/aromatic N) is 2. The number of amides is 3. The van der Waals surface area contributed by atoms with Crippen molar-refractivity contribution in [1.82, 2.24) is 10.2 Å². The van der Waals surface area contributed by atoms with Gasteiger partial charge in [-0.05, 0) is 49.4 Å². The number of aryl methyl sites for hydroxylation is 2. The molecule has 4 aliphatic rings. The summed E-state index contributed by atoms with van der Waals surface area (Å²) in [6, 6.07) is 12.7. The summed E-state index contributed by atoms with van der Waals surface area (Å²) in [4.78, 5) is 59.4. The van der Waals surface area contributed by atoms with Gasteiger partial charge in [0.1, 0.15) is 18.2 Å². The number of allylic oxidation sites excluding steroid dienone is 1. The molecule has 2 aromatic carbocycles. The Labute approximate surface area is 269 Å².